The van der Waals surface area contributed by atoms with Gasteiger partial charge in [0.05, 0.1) is 15.7 Å². The molecule has 2 aromatic carbocycles. The Morgan fingerprint density at radius 1 is 1.08 bits per heavy atom. The van der Waals surface area contributed by atoms with E-state index >= 15 is 4.39 Å². The highest BCUT2D eigenvalue weighted by atomic mass is 32.2. The summed E-state index contributed by atoms with van der Waals surface area (Å²) in [7, 11) is -8.25. The van der Waals surface area contributed by atoms with Crippen LogP contribution in [0.1, 0.15) is 43.2 Å². The summed E-state index contributed by atoms with van der Waals surface area (Å²) in [5, 5.41) is -0.877. The van der Waals surface area contributed by atoms with Gasteiger partial charge in [0.1, 0.15) is 16.4 Å². The molecule has 4 atom stereocenters. The normalized spacial score (nSPS) is 26.8. The molecule has 1 saturated carbocycles. The molecule has 14 heteroatoms. The van der Waals surface area contributed by atoms with Crippen LogP contribution in [0.25, 0.3) is 0 Å². The maximum atomic E-state index is 15.1. The van der Waals surface area contributed by atoms with Gasteiger partial charge in [0.15, 0.2) is 9.84 Å². The van der Waals surface area contributed by atoms with Crippen molar-refractivity contribution in [3.05, 3.63) is 77.9 Å². The van der Waals surface area contributed by atoms with Crippen LogP contribution >= 0.6 is 27.0 Å². The highest BCUT2D eigenvalue weighted by Crippen LogP contribution is 2.52. The van der Waals surface area contributed by atoms with Crippen LogP contribution in [0.15, 0.2) is 60.0 Å². The molecule has 0 radical (unpaired) electrons. The number of benzene rings is 2. The summed E-state index contributed by atoms with van der Waals surface area (Å²) in [6, 6.07) is 4.73. The Bertz CT molecular complexity index is 1380. The highest BCUT2D eigenvalue weighted by molar-refractivity contribution is 7.92. The van der Waals surface area contributed by atoms with Gasteiger partial charge in [-0.3, -0.25) is 0 Å². The minimum atomic E-state index is -4.69. The number of alkyl halides is 3. The van der Waals surface area contributed by atoms with Crippen LogP contribution < -0.4 is 4.72 Å². The Kier molecular flexibility index (Phi) is 9.85. The fraction of sp³-hybridized carbons (Fsp3) is 0.417. The molecule has 2 fully saturated rings. The van der Waals surface area contributed by atoms with E-state index in [1.165, 1.54) is 6.08 Å². The largest absolute Gasteiger partial charge is 0.416 e. The Balaban J connectivity index is 0.00000253. The van der Waals surface area contributed by atoms with Crippen molar-refractivity contribution in [2.75, 3.05) is 0 Å². The molecule has 0 spiro atoms. The molecule has 0 bridgehead atoms. The van der Waals surface area contributed by atoms with Crippen LogP contribution in [0.3, 0.4) is 0 Å². The maximum absolute atomic E-state index is 15.1. The lowest BCUT2D eigenvalue weighted by Crippen LogP contribution is -2.57. The zero-order chi connectivity index (χ0) is 26.5. The topological polar surface area (TPSA) is 80.3 Å². The van der Waals surface area contributed by atoms with E-state index in [1.54, 1.807) is 0 Å². The van der Waals surface area contributed by atoms with E-state index in [0.717, 1.165) is 30.3 Å². The second-order valence-electron chi connectivity index (χ2n) is 9.30. The molecule has 1 aliphatic carbocycles. The lowest BCUT2D eigenvalue weighted by Gasteiger charge is -2.47. The van der Waals surface area contributed by atoms with Crippen molar-refractivity contribution in [2.45, 2.75) is 59.2 Å². The molecule has 0 unspecified atom stereocenters. The van der Waals surface area contributed by atoms with Crippen molar-refractivity contribution in [3.8, 4) is 0 Å². The van der Waals surface area contributed by atoms with Crippen LogP contribution in [0.2, 0.25) is 0 Å². The van der Waals surface area contributed by atoms with Crippen molar-refractivity contribution in [1.29, 1.82) is 0 Å². The third kappa shape index (κ3) is 5.79. The van der Waals surface area contributed by atoms with Gasteiger partial charge in [-0.1, -0.05) is 6.08 Å². The fourth-order valence-corrected chi connectivity index (χ4v) is 9.43. The SMILES string of the molecule is C=CC[C@H]1C[C@@H]2C[C@](c3cc(F)ccc3F)(S(=O)(=O)c3ccc(C(F)(F)F)cc3)CC[C@@H]2NS1(=O)=O.S.S. The van der Waals surface area contributed by atoms with Crippen LogP contribution in [0.4, 0.5) is 22.0 Å². The van der Waals surface area contributed by atoms with Crippen molar-refractivity contribution in [2.24, 2.45) is 5.92 Å². The smallest absolute Gasteiger partial charge is 0.223 e. The lowest BCUT2D eigenvalue weighted by molar-refractivity contribution is -0.137. The maximum Gasteiger partial charge on any atom is 0.416 e. The minimum Gasteiger partial charge on any atom is -0.223 e. The van der Waals surface area contributed by atoms with Crippen molar-refractivity contribution in [1.82, 2.24) is 4.72 Å². The molecule has 1 heterocycles. The Labute approximate surface area is 232 Å². The highest BCUT2D eigenvalue weighted by Gasteiger charge is 2.55. The minimum absolute atomic E-state index is 0. The molecule has 1 aliphatic heterocycles. The van der Waals surface area contributed by atoms with Crippen molar-refractivity contribution >= 4 is 46.9 Å². The average Bonchev–Trinajstić information content (AvgIpc) is 2.80. The summed E-state index contributed by atoms with van der Waals surface area (Å²) in [6.45, 7) is 3.57. The van der Waals surface area contributed by atoms with Gasteiger partial charge in [0, 0.05) is 11.6 Å². The Morgan fingerprint density at radius 3 is 2.29 bits per heavy atom. The summed E-state index contributed by atoms with van der Waals surface area (Å²) < 4.78 is 122. The molecule has 0 aromatic heterocycles. The van der Waals surface area contributed by atoms with Gasteiger partial charge < -0.3 is 0 Å². The first kappa shape index (κ1) is 32.6. The third-order valence-electron chi connectivity index (χ3n) is 7.20. The second-order valence-corrected chi connectivity index (χ2v) is 13.6. The predicted octanol–water partition coefficient (Wildman–Crippen LogP) is 5.31. The van der Waals surface area contributed by atoms with E-state index < -0.39 is 75.7 Å². The number of halogens is 5. The number of sulfonamides is 1. The van der Waals surface area contributed by atoms with Crippen molar-refractivity contribution < 1.29 is 38.8 Å². The summed E-state index contributed by atoms with van der Waals surface area (Å²) >= 11 is 0. The van der Waals surface area contributed by atoms with Gasteiger partial charge >= 0.3 is 6.18 Å². The van der Waals surface area contributed by atoms with E-state index in [1.807, 2.05) is 0 Å². The quantitative estimate of drug-likeness (QED) is 0.364. The molecule has 38 heavy (non-hydrogen) atoms. The van der Waals surface area contributed by atoms with Gasteiger partial charge in [-0.15, -0.1) is 6.58 Å². The van der Waals surface area contributed by atoms with Crippen LogP contribution in [0, 0.1) is 17.6 Å². The molecule has 2 aliphatic rings. The van der Waals surface area contributed by atoms with Gasteiger partial charge in [0.25, 0.3) is 0 Å². The molecule has 2 aromatic rings. The fourth-order valence-electron chi connectivity index (χ4n) is 5.40. The summed E-state index contributed by atoms with van der Waals surface area (Å²) in [5.41, 5.74) is -1.47. The summed E-state index contributed by atoms with van der Waals surface area (Å²) in [4.78, 5) is -0.461. The number of nitrogens with one attached hydrogen (secondary N) is 1. The zero-order valence-electron chi connectivity index (χ0n) is 19.9. The monoisotopic (exact) mass is 617 g/mol. The number of rotatable bonds is 5. The Morgan fingerprint density at radius 2 is 1.71 bits per heavy atom. The first-order chi connectivity index (χ1) is 16.7. The van der Waals surface area contributed by atoms with E-state index in [-0.39, 0.29) is 59.1 Å². The number of fused-ring (bicyclic) bond motifs is 1. The number of hydrogen-bond donors (Lipinski definition) is 1. The zero-order valence-corrected chi connectivity index (χ0v) is 23.6. The summed E-state index contributed by atoms with van der Waals surface area (Å²) in [5.74, 6) is -2.38. The molecular formula is C24H28F5NO4S4. The van der Waals surface area contributed by atoms with E-state index in [0.29, 0.717) is 12.1 Å². The van der Waals surface area contributed by atoms with E-state index in [2.05, 4.69) is 11.3 Å². The molecule has 1 N–H and O–H groups in total. The first-order valence-electron chi connectivity index (χ1n) is 11.2. The average molecular weight is 618 g/mol. The molecule has 212 valence electrons. The number of hydrogen-bond acceptors (Lipinski definition) is 4. The van der Waals surface area contributed by atoms with Gasteiger partial charge in [-0.2, -0.15) is 40.2 Å². The van der Waals surface area contributed by atoms with Gasteiger partial charge in [0.2, 0.25) is 10.0 Å². The molecule has 0 amide bonds. The number of allylic oxidation sites excluding steroid dienone is 1. The van der Waals surface area contributed by atoms with Crippen LogP contribution in [-0.2, 0) is 30.8 Å². The summed E-state index contributed by atoms with van der Waals surface area (Å²) in [6.07, 6.45) is -3.54. The van der Waals surface area contributed by atoms with Gasteiger partial charge in [-0.25, -0.2) is 30.3 Å². The lowest BCUT2D eigenvalue weighted by atomic mass is 9.72. The van der Waals surface area contributed by atoms with Crippen molar-refractivity contribution in [3.63, 3.8) is 0 Å². The molecule has 5 nitrogen and oxygen atoms in total. The second kappa shape index (κ2) is 11.5. The number of sulfone groups is 1. The van der Waals surface area contributed by atoms with E-state index in [9.17, 15) is 34.4 Å². The van der Waals surface area contributed by atoms with Gasteiger partial charge in [-0.05, 0) is 80.5 Å². The predicted molar refractivity (Wildman–Crippen MR) is 144 cm³/mol. The standard InChI is InChI=1S/C24H24F5NO4S2.2H2S/c1-2-3-19-12-15-14-23(11-10-22(15)30-36(19,33)34,20-13-17(25)6-9-21(20)26)35(31,32)18-7-4-16(5-8-18)24(27,28)29;;/h2,4-9,13,15,19,22,30H,1,3,10-12,14H2;2*1H2/t15-,19+,22+,23-;;/m1../s1. The molecular weight excluding hydrogens is 590 g/mol. The van der Waals surface area contributed by atoms with E-state index in [4.69, 9.17) is 0 Å². The third-order valence-corrected chi connectivity index (χ3v) is 11.6. The van der Waals surface area contributed by atoms with Crippen LogP contribution in [-0.4, -0.2) is 28.1 Å². The first-order valence-corrected chi connectivity index (χ1v) is 14.2. The molecule has 1 saturated heterocycles. The Hall–Kier alpha value is -1.61. The van der Waals surface area contributed by atoms with Crippen LogP contribution in [0.5, 0.6) is 0 Å². The molecule has 4 rings (SSSR count).